The van der Waals surface area contributed by atoms with Crippen molar-refractivity contribution in [1.29, 1.82) is 0 Å². The zero-order chi connectivity index (χ0) is 23.5. The molecule has 1 aromatic heterocycles. The average molecular weight is 668 g/mol. The predicted octanol–water partition coefficient (Wildman–Crippen LogP) is 6.45. The van der Waals surface area contributed by atoms with Gasteiger partial charge >= 0.3 is 0 Å². The van der Waals surface area contributed by atoms with E-state index in [1.807, 2.05) is 65.5 Å². The summed E-state index contributed by atoms with van der Waals surface area (Å²) in [5, 5.41) is 4.78. The molecule has 1 heterocycles. The number of halogens is 2. The Morgan fingerprint density at radius 2 is 1.12 bits per heavy atom. The summed E-state index contributed by atoms with van der Waals surface area (Å²) in [5.41, 5.74) is 4.84. The third-order valence-electron chi connectivity index (χ3n) is 5.26. The van der Waals surface area contributed by atoms with Crippen molar-refractivity contribution >= 4 is 45.2 Å². The Kier molecular flexibility index (Phi) is 7.32. The average Bonchev–Trinajstić information content (AvgIpc) is 3.28. The van der Waals surface area contributed by atoms with E-state index in [-0.39, 0.29) is 0 Å². The molecule has 4 aromatic rings. The van der Waals surface area contributed by atoms with Gasteiger partial charge in [0, 0.05) is 23.8 Å². The standard InChI is InChI=1S/C25H22I2N2O4/c1-30-21-10-16(19(26)12-23(21)32-3)18-14-28-29(15-8-6-5-7-9-15)25(18)17-11-22(31-2)24(33-4)13-20(17)27/h5-14H,1-4H3. The first-order valence-corrected chi connectivity index (χ1v) is 12.1. The van der Waals surface area contributed by atoms with Gasteiger partial charge in [-0.1, -0.05) is 18.2 Å². The van der Waals surface area contributed by atoms with Crippen molar-refractivity contribution in [1.82, 2.24) is 9.78 Å². The molecule has 0 N–H and O–H groups in total. The predicted molar refractivity (Wildman–Crippen MR) is 146 cm³/mol. The lowest BCUT2D eigenvalue weighted by molar-refractivity contribution is 0.355. The third-order valence-corrected chi connectivity index (χ3v) is 7.05. The van der Waals surface area contributed by atoms with E-state index in [0.29, 0.717) is 23.0 Å². The van der Waals surface area contributed by atoms with Gasteiger partial charge in [0.15, 0.2) is 23.0 Å². The van der Waals surface area contributed by atoms with Crippen LogP contribution in [0.5, 0.6) is 23.0 Å². The number of aromatic nitrogens is 2. The zero-order valence-corrected chi connectivity index (χ0v) is 22.9. The van der Waals surface area contributed by atoms with Gasteiger partial charge in [0.2, 0.25) is 0 Å². The second kappa shape index (κ2) is 10.2. The highest BCUT2D eigenvalue weighted by molar-refractivity contribution is 14.1. The number of rotatable bonds is 7. The van der Waals surface area contributed by atoms with Gasteiger partial charge in [-0.3, -0.25) is 0 Å². The molecular weight excluding hydrogens is 646 g/mol. The van der Waals surface area contributed by atoms with Gasteiger partial charge in [-0.05, 0) is 81.6 Å². The van der Waals surface area contributed by atoms with Gasteiger partial charge in [0.1, 0.15) is 0 Å². The maximum Gasteiger partial charge on any atom is 0.161 e. The number of hydrogen-bond acceptors (Lipinski definition) is 5. The van der Waals surface area contributed by atoms with E-state index in [1.165, 1.54) is 0 Å². The minimum atomic E-state index is 0.654. The molecule has 0 fully saturated rings. The molecule has 0 aliphatic carbocycles. The van der Waals surface area contributed by atoms with E-state index in [0.717, 1.165) is 35.2 Å². The van der Waals surface area contributed by atoms with Crippen LogP contribution in [0.1, 0.15) is 0 Å². The molecule has 0 aliphatic rings. The fraction of sp³-hybridized carbons (Fsp3) is 0.160. The monoisotopic (exact) mass is 668 g/mol. The number of nitrogens with zero attached hydrogens (tertiary/aromatic N) is 2. The number of benzene rings is 3. The summed E-state index contributed by atoms with van der Waals surface area (Å²) in [5.74, 6) is 2.68. The Hall–Kier alpha value is -2.47. The molecule has 8 heteroatoms. The van der Waals surface area contributed by atoms with Crippen LogP contribution in [0.4, 0.5) is 0 Å². The van der Waals surface area contributed by atoms with Crippen LogP contribution < -0.4 is 18.9 Å². The first-order valence-electron chi connectivity index (χ1n) is 9.99. The van der Waals surface area contributed by atoms with Crippen molar-refractivity contribution in [2.45, 2.75) is 0 Å². The maximum atomic E-state index is 5.62. The molecule has 0 unspecified atom stereocenters. The Morgan fingerprint density at radius 1 is 0.636 bits per heavy atom. The number of hydrogen-bond donors (Lipinski definition) is 0. The molecule has 4 rings (SSSR count). The molecule has 0 atom stereocenters. The van der Waals surface area contributed by atoms with Crippen molar-refractivity contribution in [2.24, 2.45) is 0 Å². The van der Waals surface area contributed by atoms with Crippen LogP contribution in [0, 0.1) is 7.14 Å². The van der Waals surface area contributed by atoms with Crippen molar-refractivity contribution < 1.29 is 18.9 Å². The first kappa shape index (κ1) is 23.7. The molecule has 3 aromatic carbocycles. The van der Waals surface area contributed by atoms with Crippen LogP contribution in [0.15, 0.2) is 60.8 Å². The lowest BCUT2D eigenvalue weighted by Gasteiger charge is -2.17. The van der Waals surface area contributed by atoms with E-state index < -0.39 is 0 Å². The summed E-state index contributed by atoms with van der Waals surface area (Å²) in [6, 6.07) is 18.0. The van der Waals surface area contributed by atoms with E-state index >= 15 is 0 Å². The van der Waals surface area contributed by atoms with Crippen LogP contribution in [0.25, 0.3) is 28.1 Å². The smallest absolute Gasteiger partial charge is 0.161 e. The van der Waals surface area contributed by atoms with Gasteiger partial charge < -0.3 is 18.9 Å². The summed E-state index contributed by atoms with van der Waals surface area (Å²) in [4.78, 5) is 0. The molecule has 0 aliphatic heterocycles. The fourth-order valence-electron chi connectivity index (χ4n) is 3.67. The minimum absolute atomic E-state index is 0.654. The Bertz CT molecular complexity index is 1290. The molecular formula is C25H22I2N2O4. The van der Waals surface area contributed by atoms with Crippen LogP contribution in [0.3, 0.4) is 0 Å². The van der Waals surface area contributed by atoms with Crippen LogP contribution >= 0.6 is 45.2 Å². The normalized spacial score (nSPS) is 10.7. The quantitative estimate of drug-likeness (QED) is 0.212. The lowest BCUT2D eigenvalue weighted by Crippen LogP contribution is -2.02. The van der Waals surface area contributed by atoms with E-state index in [2.05, 4.69) is 45.2 Å². The molecule has 0 radical (unpaired) electrons. The maximum absolute atomic E-state index is 5.62. The number of para-hydroxylation sites is 1. The summed E-state index contributed by atoms with van der Waals surface area (Å²) in [6.45, 7) is 0. The Labute approximate surface area is 220 Å². The second-order valence-electron chi connectivity index (χ2n) is 7.03. The molecule has 0 amide bonds. The molecule has 33 heavy (non-hydrogen) atoms. The summed E-state index contributed by atoms with van der Waals surface area (Å²) in [6.07, 6.45) is 1.89. The van der Waals surface area contributed by atoms with Crippen molar-refractivity contribution in [3.05, 3.63) is 67.9 Å². The Balaban J connectivity index is 2.04. The first-order chi connectivity index (χ1) is 16.0. The largest absolute Gasteiger partial charge is 0.493 e. The van der Waals surface area contributed by atoms with Crippen LogP contribution in [-0.4, -0.2) is 38.2 Å². The van der Waals surface area contributed by atoms with Crippen LogP contribution in [-0.2, 0) is 0 Å². The Morgan fingerprint density at radius 3 is 1.67 bits per heavy atom. The molecule has 0 saturated carbocycles. The van der Waals surface area contributed by atoms with Crippen molar-refractivity contribution in [3.63, 3.8) is 0 Å². The highest BCUT2D eigenvalue weighted by Crippen LogP contribution is 2.44. The molecule has 0 saturated heterocycles. The summed E-state index contributed by atoms with van der Waals surface area (Å²) in [7, 11) is 6.55. The van der Waals surface area contributed by atoms with E-state index in [9.17, 15) is 0 Å². The second-order valence-corrected chi connectivity index (χ2v) is 9.35. The fourth-order valence-corrected chi connectivity index (χ4v) is 5.09. The van der Waals surface area contributed by atoms with Gasteiger partial charge in [0.25, 0.3) is 0 Å². The lowest BCUT2D eigenvalue weighted by atomic mass is 10.0. The minimum Gasteiger partial charge on any atom is -0.493 e. The van der Waals surface area contributed by atoms with Gasteiger partial charge in [0.05, 0.1) is 46.0 Å². The topological polar surface area (TPSA) is 54.7 Å². The number of methoxy groups -OCH3 is 4. The highest BCUT2D eigenvalue weighted by atomic mass is 127. The van der Waals surface area contributed by atoms with Crippen molar-refractivity contribution in [3.8, 4) is 51.1 Å². The molecule has 0 spiro atoms. The van der Waals surface area contributed by atoms with Gasteiger partial charge in [-0.15, -0.1) is 0 Å². The van der Waals surface area contributed by atoms with Crippen LogP contribution in [0.2, 0.25) is 0 Å². The molecule has 170 valence electrons. The number of ether oxygens (including phenoxy) is 4. The highest BCUT2D eigenvalue weighted by Gasteiger charge is 2.23. The van der Waals surface area contributed by atoms with E-state index in [4.69, 9.17) is 24.0 Å². The SMILES string of the molecule is COc1cc(I)c(-c2cnn(-c3ccccc3)c2-c2cc(OC)c(OC)cc2I)cc1OC. The van der Waals surface area contributed by atoms with Gasteiger partial charge in [-0.25, -0.2) is 4.68 Å². The molecule has 0 bridgehead atoms. The third kappa shape index (κ3) is 4.50. The zero-order valence-electron chi connectivity index (χ0n) is 18.6. The summed E-state index contributed by atoms with van der Waals surface area (Å²) < 4.78 is 26.2. The summed E-state index contributed by atoms with van der Waals surface area (Å²) >= 11 is 4.65. The van der Waals surface area contributed by atoms with Crippen molar-refractivity contribution in [2.75, 3.05) is 28.4 Å². The van der Waals surface area contributed by atoms with Gasteiger partial charge in [-0.2, -0.15) is 5.10 Å². The van der Waals surface area contributed by atoms with E-state index in [1.54, 1.807) is 28.4 Å². The molecule has 6 nitrogen and oxygen atoms in total.